The van der Waals surface area contributed by atoms with Crippen molar-refractivity contribution in [1.29, 1.82) is 0 Å². The van der Waals surface area contributed by atoms with Crippen LogP contribution in [0.1, 0.15) is 71.8 Å². The smallest absolute Gasteiger partial charge is 0.408 e. The van der Waals surface area contributed by atoms with E-state index in [-0.39, 0.29) is 25.3 Å². The van der Waals surface area contributed by atoms with Gasteiger partial charge in [-0.15, -0.1) is 10.2 Å². The average Bonchev–Trinajstić information content (AvgIpc) is 3.27. The molecule has 1 aliphatic carbocycles. The topological polar surface area (TPSA) is 182 Å². The summed E-state index contributed by atoms with van der Waals surface area (Å²) in [4.78, 5) is 59.9. The Balaban J connectivity index is 1.44. The van der Waals surface area contributed by atoms with Gasteiger partial charge < -0.3 is 25.4 Å². The molecule has 15 heteroatoms. The molecular formula is C29H37BrN8O6. The van der Waals surface area contributed by atoms with Gasteiger partial charge in [0.15, 0.2) is 0 Å². The number of allylic oxidation sites excluding steroid dienone is 1. The van der Waals surface area contributed by atoms with Crippen molar-refractivity contribution in [1.82, 2.24) is 40.7 Å². The van der Waals surface area contributed by atoms with E-state index in [1.54, 1.807) is 39.2 Å². The lowest BCUT2D eigenvalue weighted by Gasteiger charge is -2.30. The first kappa shape index (κ1) is 31.5. The Hall–Kier alpha value is -3.88. The minimum absolute atomic E-state index is 0.0549. The van der Waals surface area contributed by atoms with Crippen molar-refractivity contribution in [3.63, 3.8) is 0 Å². The molecule has 3 aliphatic rings. The number of hydrogen-bond donors (Lipinski definition) is 3. The highest BCUT2D eigenvalue weighted by Crippen LogP contribution is 2.45. The Labute approximate surface area is 263 Å². The minimum atomic E-state index is -1.43. The fourth-order valence-corrected chi connectivity index (χ4v) is 6.09. The van der Waals surface area contributed by atoms with Crippen LogP contribution in [0.3, 0.4) is 0 Å². The number of carboxylic acid groups (broad SMARTS) is 1. The zero-order valence-electron chi connectivity index (χ0n) is 24.9. The van der Waals surface area contributed by atoms with Crippen LogP contribution in [-0.4, -0.2) is 88.8 Å². The number of carbonyl (C=O) groups is 4. The van der Waals surface area contributed by atoms with E-state index in [1.807, 2.05) is 12.2 Å². The summed E-state index contributed by atoms with van der Waals surface area (Å²) in [5.41, 5.74) is -1.57. The van der Waals surface area contributed by atoms with Crippen LogP contribution < -0.4 is 10.6 Å². The van der Waals surface area contributed by atoms with E-state index in [1.165, 1.54) is 9.70 Å². The number of carbonyl (C=O) groups excluding carboxylic acids is 3. The number of fused-ring (bicyclic) bond motifs is 2. The van der Waals surface area contributed by atoms with Gasteiger partial charge in [-0.1, -0.05) is 25.0 Å². The van der Waals surface area contributed by atoms with Gasteiger partial charge in [-0.05, 0) is 73.7 Å². The molecule has 4 heterocycles. The summed E-state index contributed by atoms with van der Waals surface area (Å²) in [5.74, 6) is -2.18. The third-order valence-electron chi connectivity index (χ3n) is 8.05. The Morgan fingerprint density at radius 1 is 1.20 bits per heavy atom. The molecule has 1 saturated carbocycles. The number of tetrazole rings is 1. The number of aromatic nitrogens is 5. The maximum Gasteiger partial charge on any atom is 0.408 e. The van der Waals surface area contributed by atoms with Crippen molar-refractivity contribution in [2.24, 2.45) is 5.92 Å². The molecule has 2 aromatic rings. The molecule has 2 aromatic heterocycles. The van der Waals surface area contributed by atoms with Crippen LogP contribution in [0, 0.1) is 5.92 Å². The van der Waals surface area contributed by atoms with E-state index in [0.29, 0.717) is 24.2 Å². The van der Waals surface area contributed by atoms with Crippen LogP contribution >= 0.6 is 15.9 Å². The molecule has 14 nitrogen and oxygen atoms in total. The zero-order chi connectivity index (χ0) is 31.6. The summed E-state index contributed by atoms with van der Waals surface area (Å²) in [6, 6.07) is -0.714. The zero-order valence-corrected chi connectivity index (χ0v) is 26.5. The first-order chi connectivity index (χ1) is 20.9. The molecule has 2 fully saturated rings. The normalized spacial score (nSPS) is 28.5. The highest BCUT2D eigenvalue weighted by atomic mass is 79.9. The molecule has 44 heavy (non-hydrogen) atoms. The van der Waals surface area contributed by atoms with Crippen LogP contribution in [-0.2, 0) is 19.1 Å². The molecule has 2 aliphatic heterocycles. The predicted molar refractivity (Wildman–Crippen MR) is 160 cm³/mol. The lowest BCUT2D eigenvalue weighted by molar-refractivity contribution is -0.145. The number of amides is 3. The van der Waals surface area contributed by atoms with Gasteiger partial charge in [-0.25, -0.2) is 9.59 Å². The Morgan fingerprint density at radius 3 is 2.73 bits per heavy atom. The van der Waals surface area contributed by atoms with E-state index in [2.05, 4.69) is 47.0 Å². The molecule has 1 saturated heterocycles. The second kappa shape index (κ2) is 12.6. The van der Waals surface area contributed by atoms with E-state index < -0.39 is 53.1 Å². The lowest BCUT2D eigenvalue weighted by atomic mass is 10.0. The molecule has 0 radical (unpaired) electrons. The van der Waals surface area contributed by atoms with Crippen molar-refractivity contribution >= 4 is 39.8 Å². The average molecular weight is 674 g/mol. The number of carboxylic acids is 1. The summed E-state index contributed by atoms with van der Waals surface area (Å²) in [5, 5.41) is 28.4. The standard InChI is InChI=1S/C29H37BrN8O6/c1-28(2,3)44-27(43)32-21-10-8-6-4-5-7-9-18-13-29(18,26(41)42)33-24(39)22-12-20(16-37(22)25(21)40)38-35-23(34-36-38)17-11-19(30)15-31-14-17/h7,9,11,14-15,18,20-22H,4-6,8,10,12-13,16H2,1-3H3,(H,32,43)(H,33,39)(H,41,42)/b9-7-/t18?,20-,21?,22?,29?/m1/s1. The maximum absolute atomic E-state index is 14.1. The first-order valence-electron chi connectivity index (χ1n) is 14.8. The van der Waals surface area contributed by atoms with Crippen LogP contribution in [0.2, 0.25) is 0 Å². The number of nitrogens with zero attached hydrogens (tertiary/aromatic N) is 6. The third kappa shape index (κ3) is 7.08. The van der Waals surface area contributed by atoms with Crippen molar-refractivity contribution in [2.75, 3.05) is 6.54 Å². The third-order valence-corrected chi connectivity index (χ3v) is 8.48. The van der Waals surface area contributed by atoms with Gasteiger partial charge in [0.1, 0.15) is 23.2 Å². The molecule has 0 spiro atoms. The fraction of sp³-hybridized carbons (Fsp3) is 0.586. The number of rotatable bonds is 4. The molecular weight excluding hydrogens is 636 g/mol. The van der Waals surface area contributed by atoms with Crippen molar-refractivity contribution in [3.8, 4) is 11.4 Å². The molecule has 0 bridgehead atoms. The summed E-state index contributed by atoms with van der Waals surface area (Å²) in [7, 11) is 0. The van der Waals surface area contributed by atoms with E-state index in [4.69, 9.17) is 4.74 Å². The van der Waals surface area contributed by atoms with Crippen molar-refractivity contribution in [3.05, 3.63) is 35.1 Å². The first-order valence-corrected chi connectivity index (χ1v) is 15.6. The SMILES string of the molecule is CC(C)(C)OC(=O)NC1CCCCC/C=C\C2CC2(C(=O)O)NC(=O)C2C[C@@H](n3nnc(-c4cncc(Br)c4)n3)CN2C1=O. The molecule has 3 amide bonds. The van der Waals surface area contributed by atoms with Crippen LogP contribution in [0.15, 0.2) is 35.1 Å². The van der Waals surface area contributed by atoms with Crippen LogP contribution in [0.25, 0.3) is 11.4 Å². The molecule has 5 atom stereocenters. The highest BCUT2D eigenvalue weighted by molar-refractivity contribution is 9.10. The summed E-state index contributed by atoms with van der Waals surface area (Å²) < 4.78 is 6.17. The number of aliphatic carboxylic acids is 1. The number of pyridine rings is 1. The predicted octanol–water partition coefficient (Wildman–Crippen LogP) is 3.01. The second-order valence-electron chi connectivity index (χ2n) is 12.6. The molecule has 0 aromatic carbocycles. The Kier molecular flexibility index (Phi) is 9.05. The van der Waals surface area contributed by atoms with E-state index in [9.17, 15) is 24.3 Å². The van der Waals surface area contributed by atoms with Gasteiger partial charge >= 0.3 is 12.1 Å². The van der Waals surface area contributed by atoms with Gasteiger partial charge in [0.2, 0.25) is 17.6 Å². The quantitative estimate of drug-likeness (QED) is 0.408. The Bertz CT molecular complexity index is 1460. The summed E-state index contributed by atoms with van der Waals surface area (Å²) >= 11 is 3.38. The van der Waals surface area contributed by atoms with Gasteiger partial charge in [0.05, 0.1) is 6.04 Å². The van der Waals surface area contributed by atoms with Gasteiger partial charge in [0.25, 0.3) is 0 Å². The number of alkyl carbamates (subject to hydrolysis) is 1. The van der Waals surface area contributed by atoms with E-state index in [0.717, 1.165) is 23.7 Å². The number of ether oxygens (including phenoxy) is 1. The highest BCUT2D eigenvalue weighted by Gasteiger charge is 2.61. The minimum Gasteiger partial charge on any atom is -0.479 e. The van der Waals surface area contributed by atoms with Gasteiger partial charge in [0, 0.05) is 41.3 Å². The monoisotopic (exact) mass is 672 g/mol. The van der Waals surface area contributed by atoms with Crippen molar-refractivity contribution < 1.29 is 29.0 Å². The largest absolute Gasteiger partial charge is 0.479 e. The summed E-state index contributed by atoms with van der Waals surface area (Å²) in [6.07, 6.45) is 10.1. The van der Waals surface area contributed by atoms with Crippen molar-refractivity contribution in [2.45, 2.75) is 95.0 Å². The van der Waals surface area contributed by atoms with E-state index >= 15 is 0 Å². The molecule has 5 rings (SSSR count). The maximum atomic E-state index is 14.1. The van der Waals surface area contributed by atoms with Crippen LogP contribution in [0.4, 0.5) is 4.79 Å². The molecule has 4 unspecified atom stereocenters. The Morgan fingerprint density at radius 2 is 2.00 bits per heavy atom. The van der Waals surface area contributed by atoms with Gasteiger partial charge in [-0.2, -0.15) is 4.80 Å². The lowest BCUT2D eigenvalue weighted by Crippen LogP contribution is -2.56. The summed E-state index contributed by atoms with van der Waals surface area (Å²) in [6.45, 7) is 5.25. The molecule has 3 N–H and O–H groups in total. The van der Waals surface area contributed by atoms with Crippen LogP contribution in [0.5, 0.6) is 0 Å². The fourth-order valence-electron chi connectivity index (χ4n) is 5.72. The number of nitrogens with one attached hydrogen (secondary N) is 2. The number of hydrogen-bond acceptors (Lipinski definition) is 9. The van der Waals surface area contributed by atoms with Gasteiger partial charge in [-0.3, -0.25) is 14.6 Å². The molecule has 236 valence electrons. The second-order valence-corrected chi connectivity index (χ2v) is 13.5. The number of halogens is 1.